The van der Waals surface area contributed by atoms with Crippen LogP contribution in [0.3, 0.4) is 0 Å². The third-order valence-electron chi connectivity index (χ3n) is 6.79. The van der Waals surface area contributed by atoms with E-state index in [1.165, 1.54) is 0 Å². The number of carbonyl (C=O) groups is 2. The number of aromatic nitrogens is 1. The number of rotatable bonds is 5. The molecule has 0 spiro atoms. The van der Waals surface area contributed by atoms with E-state index in [2.05, 4.69) is 10.6 Å². The third-order valence-corrected chi connectivity index (χ3v) is 6.79. The lowest BCUT2D eigenvalue weighted by molar-refractivity contribution is 0.0951. The highest BCUT2D eigenvalue weighted by Crippen LogP contribution is 2.35. The molecule has 1 aromatic heterocycles. The van der Waals surface area contributed by atoms with E-state index in [1.54, 1.807) is 48.4 Å². The zero-order valence-electron chi connectivity index (χ0n) is 19.6. The van der Waals surface area contributed by atoms with Crippen LogP contribution in [0.1, 0.15) is 34.0 Å². The zero-order valence-corrected chi connectivity index (χ0v) is 19.6. The fraction of sp³-hybridized carbons (Fsp3) is 0.296. The van der Waals surface area contributed by atoms with Crippen molar-refractivity contribution in [3.63, 3.8) is 0 Å². The Morgan fingerprint density at radius 1 is 0.971 bits per heavy atom. The first kappa shape index (κ1) is 22.7. The van der Waals surface area contributed by atoms with E-state index in [-0.39, 0.29) is 29.3 Å². The highest BCUT2D eigenvalue weighted by Gasteiger charge is 2.36. The second kappa shape index (κ2) is 9.66. The van der Waals surface area contributed by atoms with Crippen LogP contribution in [0.2, 0.25) is 0 Å². The van der Waals surface area contributed by atoms with Crippen molar-refractivity contribution in [2.75, 3.05) is 25.5 Å². The minimum absolute atomic E-state index is 0.0182. The van der Waals surface area contributed by atoms with Gasteiger partial charge in [0.05, 0.1) is 18.4 Å². The van der Waals surface area contributed by atoms with Crippen LogP contribution >= 0.6 is 0 Å². The van der Waals surface area contributed by atoms with Crippen molar-refractivity contribution in [3.05, 3.63) is 93.9 Å². The van der Waals surface area contributed by atoms with Crippen LogP contribution in [-0.2, 0) is 13.1 Å². The minimum atomic E-state index is -0.263. The van der Waals surface area contributed by atoms with Gasteiger partial charge in [-0.3, -0.25) is 9.59 Å². The van der Waals surface area contributed by atoms with Gasteiger partial charge < -0.3 is 24.8 Å². The maximum absolute atomic E-state index is 13.2. The Bertz CT molecular complexity index is 1300. The first-order valence-electron chi connectivity index (χ1n) is 11.8. The topological polar surface area (TPSA) is 92.7 Å². The number of para-hydroxylation sites is 1. The van der Waals surface area contributed by atoms with Gasteiger partial charge in [-0.25, -0.2) is 4.79 Å². The monoisotopic (exact) mass is 472 g/mol. The number of nitrogens with zero attached hydrogens (tertiary/aromatic N) is 2. The lowest BCUT2D eigenvalue weighted by atomic mass is 9.83. The van der Waals surface area contributed by atoms with Crippen LogP contribution < -0.4 is 20.9 Å². The summed E-state index contributed by atoms with van der Waals surface area (Å²) in [4.78, 5) is 40.2. The Labute approximate surface area is 203 Å². The minimum Gasteiger partial charge on any atom is -0.497 e. The fourth-order valence-corrected chi connectivity index (χ4v) is 5.07. The molecule has 2 N–H and O–H groups in total. The predicted molar refractivity (Wildman–Crippen MR) is 133 cm³/mol. The second-order valence-electron chi connectivity index (χ2n) is 9.11. The highest BCUT2D eigenvalue weighted by molar-refractivity contribution is 6.03. The number of methoxy groups -OCH3 is 1. The summed E-state index contributed by atoms with van der Waals surface area (Å²) < 4.78 is 7.01. The van der Waals surface area contributed by atoms with Gasteiger partial charge in [0.25, 0.3) is 11.5 Å². The van der Waals surface area contributed by atoms with E-state index >= 15 is 0 Å². The summed E-state index contributed by atoms with van der Waals surface area (Å²) in [6.07, 6.45) is 0.970. The van der Waals surface area contributed by atoms with Crippen molar-refractivity contribution in [1.29, 1.82) is 0 Å². The Kier molecular flexibility index (Phi) is 6.27. The van der Waals surface area contributed by atoms with Crippen molar-refractivity contribution in [2.24, 2.45) is 5.92 Å². The van der Waals surface area contributed by atoms with Crippen LogP contribution in [0.4, 0.5) is 10.5 Å². The molecule has 0 saturated carbocycles. The lowest BCUT2D eigenvalue weighted by Gasteiger charge is -2.42. The number of nitrogens with one attached hydrogen (secondary N) is 2. The first-order chi connectivity index (χ1) is 17.0. The average Bonchev–Trinajstić information content (AvgIpc) is 2.88. The molecule has 3 aromatic rings. The molecule has 180 valence electrons. The SMILES string of the molecule is COc1ccc(CNC(=O)c2ccccc2NC(=O)N2CC3C[C@@H](C2)Cn2c3cccc2=O)cc1. The van der Waals surface area contributed by atoms with Gasteiger partial charge in [-0.05, 0) is 48.2 Å². The Morgan fingerprint density at radius 3 is 2.57 bits per heavy atom. The Balaban J connectivity index is 1.26. The summed E-state index contributed by atoms with van der Waals surface area (Å²) in [6.45, 7) is 2.10. The van der Waals surface area contributed by atoms with Gasteiger partial charge in [-0.1, -0.05) is 30.3 Å². The van der Waals surface area contributed by atoms with Crippen LogP contribution in [0.15, 0.2) is 71.5 Å². The van der Waals surface area contributed by atoms with Crippen LogP contribution in [0.5, 0.6) is 5.75 Å². The normalized spacial score (nSPS) is 18.4. The molecule has 2 bridgehead atoms. The van der Waals surface area contributed by atoms with E-state index in [9.17, 15) is 14.4 Å². The van der Waals surface area contributed by atoms with Crippen molar-refractivity contribution < 1.29 is 14.3 Å². The molecule has 2 aromatic carbocycles. The summed E-state index contributed by atoms with van der Waals surface area (Å²) in [5, 5.41) is 5.86. The number of fused-ring (bicyclic) bond motifs is 4. The quantitative estimate of drug-likeness (QED) is 0.595. The maximum Gasteiger partial charge on any atom is 0.321 e. The molecular formula is C27H28N4O4. The number of hydrogen-bond donors (Lipinski definition) is 2. The van der Waals surface area contributed by atoms with Crippen molar-refractivity contribution in [1.82, 2.24) is 14.8 Å². The molecule has 0 aliphatic carbocycles. The summed E-state index contributed by atoms with van der Waals surface area (Å²) in [7, 11) is 1.61. The molecular weight excluding hydrogens is 444 g/mol. The molecule has 35 heavy (non-hydrogen) atoms. The molecule has 1 unspecified atom stereocenters. The number of ether oxygens (including phenoxy) is 1. The second-order valence-corrected chi connectivity index (χ2v) is 9.11. The lowest BCUT2D eigenvalue weighted by Crippen LogP contribution is -2.50. The van der Waals surface area contributed by atoms with Gasteiger partial charge in [0, 0.05) is 43.9 Å². The molecule has 3 amide bonds. The predicted octanol–water partition coefficient (Wildman–Crippen LogP) is 3.44. The van der Waals surface area contributed by atoms with Gasteiger partial charge >= 0.3 is 6.03 Å². The fourth-order valence-electron chi connectivity index (χ4n) is 5.07. The van der Waals surface area contributed by atoms with E-state index in [4.69, 9.17) is 4.74 Å². The molecule has 8 heteroatoms. The summed E-state index contributed by atoms with van der Waals surface area (Å²) in [6, 6.07) is 19.6. The molecule has 8 nitrogen and oxygen atoms in total. The molecule has 2 aliphatic rings. The van der Waals surface area contributed by atoms with E-state index in [1.807, 2.05) is 34.9 Å². The van der Waals surface area contributed by atoms with E-state index in [0.717, 1.165) is 23.4 Å². The summed E-state index contributed by atoms with van der Waals surface area (Å²) in [5.74, 6) is 0.853. The highest BCUT2D eigenvalue weighted by atomic mass is 16.5. The van der Waals surface area contributed by atoms with Gasteiger partial charge in [-0.15, -0.1) is 0 Å². The maximum atomic E-state index is 13.2. The molecule has 2 aliphatic heterocycles. The van der Waals surface area contributed by atoms with Gasteiger partial charge in [-0.2, -0.15) is 0 Å². The molecule has 0 radical (unpaired) electrons. The Morgan fingerprint density at radius 2 is 1.77 bits per heavy atom. The molecule has 3 heterocycles. The summed E-state index contributed by atoms with van der Waals surface area (Å²) in [5.41, 5.74) is 2.83. The smallest absolute Gasteiger partial charge is 0.321 e. The third kappa shape index (κ3) is 4.77. The molecule has 2 atom stereocenters. The van der Waals surface area contributed by atoms with Gasteiger partial charge in [0.1, 0.15) is 5.75 Å². The van der Waals surface area contributed by atoms with Crippen LogP contribution in [-0.4, -0.2) is 41.6 Å². The van der Waals surface area contributed by atoms with Crippen LogP contribution in [0.25, 0.3) is 0 Å². The molecule has 5 rings (SSSR count). The number of amides is 3. The number of piperidine rings is 1. The molecule has 1 fully saturated rings. The summed E-state index contributed by atoms with van der Waals surface area (Å²) >= 11 is 0. The Hall–Kier alpha value is -4.07. The van der Waals surface area contributed by atoms with Crippen LogP contribution in [0, 0.1) is 5.92 Å². The standard InChI is InChI=1S/C27H28N4O4/c1-35-21-11-9-18(10-12-21)14-28-26(33)22-5-2-3-6-23(22)29-27(34)30-15-19-13-20(17-30)24-7-4-8-25(32)31(24)16-19/h2-12,19-20H,13-17H2,1H3,(H,28,33)(H,29,34)/t19-,20?/m0/s1. The number of pyridine rings is 1. The molecule has 1 saturated heterocycles. The first-order valence-corrected chi connectivity index (χ1v) is 11.8. The number of hydrogen-bond acceptors (Lipinski definition) is 4. The van der Waals surface area contributed by atoms with E-state index < -0.39 is 0 Å². The van der Waals surface area contributed by atoms with E-state index in [0.29, 0.717) is 37.4 Å². The zero-order chi connectivity index (χ0) is 24.4. The number of anilines is 1. The number of urea groups is 1. The van der Waals surface area contributed by atoms with Crippen molar-refractivity contribution >= 4 is 17.6 Å². The van der Waals surface area contributed by atoms with Crippen molar-refractivity contribution in [3.8, 4) is 5.75 Å². The number of carbonyl (C=O) groups excluding carboxylic acids is 2. The van der Waals surface area contributed by atoms with Gasteiger partial charge in [0.15, 0.2) is 0 Å². The largest absolute Gasteiger partial charge is 0.497 e. The number of likely N-dealkylation sites (tertiary alicyclic amines) is 1. The number of benzene rings is 2. The van der Waals surface area contributed by atoms with Gasteiger partial charge in [0.2, 0.25) is 0 Å². The average molecular weight is 473 g/mol. The van der Waals surface area contributed by atoms with Crippen molar-refractivity contribution in [2.45, 2.75) is 25.4 Å².